The summed E-state index contributed by atoms with van der Waals surface area (Å²) in [5, 5.41) is 15.1. The van der Waals surface area contributed by atoms with Crippen LogP contribution in [0.15, 0.2) is 0 Å². The van der Waals surface area contributed by atoms with Gasteiger partial charge in [-0.3, -0.25) is 4.79 Å². The number of hydrogen-bond acceptors (Lipinski definition) is 3. The van der Waals surface area contributed by atoms with Gasteiger partial charge < -0.3 is 15.7 Å². The van der Waals surface area contributed by atoms with E-state index in [9.17, 15) is 4.79 Å². The zero-order valence-electron chi connectivity index (χ0n) is 9.32. The summed E-state index contributed by atoms with van der Waals surface area (Å²) in [5.74, 6) is 0.119. The van der Waals surface area contributed by atoms with Crippen LogP contribution >= 0.6 is 12.4 Å². The summed E-state index contributed by atoms with van der Waals surface area (Å²) in [6.45, 7) is 5.05. The highest BCUT2D eigenvalue weighted by Crippen LogP contribution is 2.15. The quantitative estimate of drug-likeness (QED) is 0.660. The number of carbonyl (C=O) groups is 1. The van der Waals surface area contributed by atoms with Gasteiger partial charge in [0, 0.05) is 12.6 Å². The molecular formula is C10H21ClN2O2. The van der Waals surface area contributed by atoms with Crippen molar-refractivity contribution in [2.45, 2.75) is 38.8 Å². The molecule has 0 aromatic carbocycles. The number of aliphatic hydroxyl groups excluding tert-OH is 1. The summed E-state index contributed by atoms with van der Waals surface area (Å²) >= 11 is 0. The summed E-state index contributed by atoms with van der Waals surface area (Å²) in [5.41, 5.74) is 0. The average Bonchev–Trinajstić information content (AvgIpc) is 2.15. The Bertz CT molecular complexity index is 200. The lowest BCUT2D eigenvalue weighted by molar-refractivity contribution is -0.126. The lowest BCUT2D eigenvalue weighted by Crippen LogP contribution is -2.47. The van der Waals surface area contributed by atoms with Gasteiger partial charge in [-0.15, -0.1) is 12.4 Å². The molecular weight excluding hydrogens is 216 g/mol. The second-order valence-electron chi connectivity index (χ2n) is 4.09. The Labute approximate surface area is 97.2 Å². The Kier molecular flexibility index (Phi) is 6.89. The maximum atomic E-state index is 11.7. The monoisotopic (exact) mass is 236 g/mol. The molecule has 1 aliphatic rings. The van der Waals surface area contributed by atoms with E-state index >= 15 is 0 Å². The third-order valence-electron chi connectivity index (χ3n) is 2.67. The van der Waals surface area contributed by atoms with Gasteiger partial charge in [0.2, 0.25) is 5.91 Å². The molecule has 0 bridgehead atoms. The van der Waals surface area contributed by atoms with Crippen molar-refractivity contribution in [3.05, 3.63) is 0 Å². The molecule has 3 N–H and O–H groups in total. The van der Waals surface area contributed by atoms with Crippen LogP contribution in [0, 0.1) is 5.92 Å². The zero-order chi connectivity index (χ0) is 10.6. The third kappa shape index (κ3) is 4.82. The number of nitrogens with one attached hydrogen (secondary N) is 2. The molecule has 1 fully saturated rings. The summed E-state index contributed by atoms with van der Waals surface area (Å²) in [6, 6.07) is 0.248. The molecule has 1 amide bonds. The van der Waals surface area contributed by atoms with Gasteiger partial charge in [0.15, 0.2) is 0 Å². The molecule has 90 valence electrons. The van der Waals surface area contributed by atoms with E-state index in [2.05, 4.69) is 10.6 Å². The van der Waals surface area contributed by atoms with Crippen molar-refractivity contribution >= 4 is 18.3 Å². The predicted molar refractivity (Wildman–Crippen MR) is 62.1 cm³/mol. The molecule has 4 nitrogen and oxygen atoms in total. The Morgan fingerprint density at radius 3 is 2.87 bits per heavy atom. The van der Waals surface area contributed by atoms with Crippen LogP contribution in [0.25, 0.3) is 0 Å². The van der Waals surface area contributed by atoms with Crippen LogP contribution in [0.4, 0.5) is 0 Å². The molecule has 0 saturated carbocycles. The number of carbonyl (C=O) groups excluding carboxylic acids is 1. The first-order chi connectivity index (χ1) is 6.61. The summed E-state index contributed by atoms with van der Waals surface area (Å²) in [4.78, 5) is 11.7. The molecule has 0 radical (unpaired) electrons. The molecule has 0 unspecified atom stereocenters. The van der Waals surface area contributed by atoms with Gasteiger partial charge in [-0.2, -0.15) is 0 Å². The molecule has 3 atom stereocenters. The van der Waals surface area contributed by atoms with Crippen LogP contribution in [-0.2, 0) is 4.79 Å². The fourth-order valence-electron chi connectivity index (χ4n) is 1.78. The largest absolute Gasteiger partial charge is 0.392 e. The van der Waals surface area contributed by atoms with Crippen molar-refractivity contribution in [3.8, 4) is 0 Å². The summed E-state index contributed by atoms with van der Waals surface area (Å²) in [7, 11) is 0. The second-order valence-corrected chi connectivity index (χ2v) is 4.09. The Hall–Kier alpha value is -0.320. The third-order valence-corrected chi connectivity index (χ3v) is 2.67. The zero-order valence-corrected chi connectivity index (χ0v) is 10.1. The molecule has 0 aliphatic carbocycles. The van der Waals surface area contributed by atoms with Gasteiger partial charge in [-0.1, -0.05) is 0 Å². The minimum Gasteiger partial charge on any atom is -0.392 e. The molecule has 0 aromatic rings. The van der Waals surface area contributed by atoms with E-state index in [1.165, 1.54) is 0 Å². The van der Waals surface area contributed by atoms with Gasteiger partial charge >= 0.3 is 0 Å². The topological polar surface area (TPSA) is 61.4 Å². The summed E-state index contributed by atoms with van der Waals surface area (Å²) < 4.78 is 0. The number of amides is 1. The van der Waals surface area contributed by atoms with Crippen LogP contribution in [0.3, 0.4) is 0 Å². The Morgan fingerprint density at radius 1 is 1.67 bits per heavy atom. The summed E-state index contributed by atoms with van der Waals surface area (Å²) in [6.07, 6.45) is 1.53. The molecule has 5 heteroatoms. The number of aliphatic hydroxyl groups is 1. The number of halogens is 1. The van der Waals surface area contributed by atoms with Crippen LogP contribution < -0.4 is 10.6 Å². The smallest absolute Gasteiger partial charge is 0.224 e. The highest BCUT2D eigenvalue weighted by Gasteiger charge is 2.27. The van der Waals surface area contributed by atoms with E-state index in [0.717, 1.165) is 19.4 Å². The molecule has 0 aromatic heterocycles. The fourth-order valence-corrected chi connectivity index (χ4v) is 1.78. The second kappa shape index (κ2) is 7.04. The maximum absolute atomic E-state index is 11.7. The highest BCUT2D eigenvalue weighted by molar-refractivity contribution is 5.85. The van der Waals surface area contributed by atoms with E-state index < -0.39 is 6.10 Å². The van der Waals surface area contributed by atoms with Crippen molar-refractivity contribution in [3.63, 3.8) is 0 Å². The van der Waals surface area contributed by atoms with E-state index in [-0.39, 0.29) is 30.3 Å². The first-order valence-electron chi connectivity index (χ1n) is 5.30. The van der Waals surface area contributed by atoms with E-state index in [4.69, 9.17) is 5.11 Å². The van der Waals surface area contributed by atoms with Crippen molar-refractivity contribution in [1.29, 1.82) is 0 Å². The van der Waals surface area contributed by atoms with Crippen LogP contribution in [-0.4, -0.2) is 36.2 Å². The van der Waals surface area contributed by atoms with Gasteiger partial charge in [0.1, 0.15) is 0 Å². The number of piperidine rings is 1. The average molecular weight is 237 g/mol. The van der Waals surface area contributed by atoms with Gasteiger partial charge in [0.05, 0.1) is 12.0 Å². The van der Waals surface area contributed by atoms with Gasteiger partial charge in [-0.25, -0.2) is 0 Å². The number of rotatable bonds is 3. The van der Waals surface area contributed by atoms with E-state index in [1.54, 1.807) is 6.92 Å². The Balaban J connectivity index is 0.00000196. The van der Waals surface area contributed by atoms with Crippen molar-refractivity contribution < 1.29 is 9.90 Å². The molecule has 1 heterocycles. The van der Waals surface area contributed by atoms with Crippen molar-refractivity contribution in [1.82, 2.24) is 10.6 Å². The van der Waals surface area contributed by atoms with Crippen LogP contribution in [0.5, 0.6) is 0 Å². The normalized spacial score (nSPS) is 27.7. The van der Waals surface area contributed by atoms with Crippen LogP contribution in [0.2, 0.25) is 0 Å². The molecule has 15 heavy (non-hydrogen) atoms. The molecule has 1 rings (SSSR count). The lowest BCUT2D eigenvalue weighted by atomic mass is 9.91. The van der Waals surface area contributed by atoms with E-state index in [0.29, 0.717) is 6.54 Å². The van der Waals surface area contributed by atoms with Gasteiger partial charge in [0.25, 0.3) is 0 Å². The first kappa shape index (κ1) is 14.7. The molecule has 1 aliphatic heterocycles. The minimum absolute atomic E-state index is 0. The maximum Gasteiger partial charge on any atom is 0.224 e. The highest BCUT2D eigenvalue weighted by atomic mass is 35.5. The SMILES string of the molecule is C[C@H](O)CNC(=O)[C@@H]1CCCN[C@@H]1C.Cl. The van der Waals surface area contributed by atoms with Crippen molar-refractivity contribution in [2.75, 3.05) is 13.1 Å². The molecule has 0 spiro atoms. The number of hydrogen-bond donors (Lipinski definition) is 3. The predicted octanol–water partition coefficient (Wildman–Crippen LogP) is 0.293. The lowest BCUT2D eigenvalue weighted by Gasteiger charge is -2.29. The first-order valence-corrected chi connectivity index (χ1v) is 5.30. The Morgan fingerprint density at radius 2 is 2.33 bits per heavy atom. The minimum atomic E-state index is -0.467. The van der Waals surface area contributed by atoms with Crippen molar-refractivity contribution in [2.24, 2.45) is 5.92 Å². The standard InChI is InChI=1S/C10H20N2O2.ClH/c1-7(13)6-12-10(14)9-4-3-5-11-8(9)2;/h7-9,11,13H,3-6H2,1-2H3,(H,12,14);1H/t7-,8+,9+;/m0./s1. The molecule has 1 saturated heterocycles. The van der Waals surface area contributed by atoms with Gasteiger partial charge in [-0.05, 0) is 33.2 Å². The van der Waals surface area contributed by atoms with Crippen LogP contribution in [0.1, 0.15) is 26.7 Å². The van der Waals surface area contributed by atoms with E-state index in [1.807, 2.05) is 6.92 Å². The fraction of sp³-hybridized carbons (Fsp3) is 0.900.